The summed E-state index contributed by atoms with van der Waals surface area (Å²) in [6, 6.07) is 17.5. The van der Waals surface area contributed by atoms with Crippen molar-refractivity contribution in [2.45, 2.75) is 24.8 Å². The second-order valence-electron chi connectivity index (χ2n) is 7.88. The Morgan fingerprint density at radius 3 is 2.23 bits per heavy atom. The van der Waals surface area contributed by atoms with Gasteiger partial charge in [-0.3, -0.25) is 10.1 Å². The van der Waals surface area contributed by atoms with Gasteiger partial charge in [0, 0.05) is 28.8 Å². The van der Waals surface area contributed by atoms with E-state index >= 15 is 0 Å². The molecule has 1 heterocycles. The summed E-state index contributed by atoms with van der Waals surface area (Å²) in [4.78, 5) is 10.6. The molecule has 3 aromatic carbocycles. The lowest BCUT2D eigenvalue weighted by Crippen LogP contribution is -2.34. The van der Waals surface area contributed by atoms with Crippen molar-refractivity contribution in [1.29, 1.82) is 0 Å². The standard InChI is InChI=1S/C24H24N2O5/c1-24(20-13-18(31-3)9-11-23(20)27)14-22(15-4-6-16(7-5-15)26(28)29)25-21-10-8-17(30-2)12-19(21)24/h4-13,22,25,27H,14H2,1-3H3/t22-,24-/m0/s1. The molecule has 7 nitrogen and oxygen atoms in total. The molecule has 0 bridgehead atoms. The lowest BCUT2D eigenvalue weighted by Gasteiger charge is -2.42. The summed E-state index contributed by atoms with van der Waals surface area (Å²) in [7, 11) is 3.22. The molecular weight excluding hydrogens is 396 g/mol. The van der Waals surface area contributed by atoms with Crippen molar-refractivity contribution >= 4 is 11.4 Å². The smallest absolute Gasteiger partial charge is 0.269 e. The fourth-order valence-electron chi connectivity index (χ4n) is 4.36. The highest BCUT2D eigenvalue weighted by Crippen LogP contribution is 2.51. The van der Waals surface area contributed by atoms with Gasteiger partial charge in [0.05, 0.1) is 25.2 Å². The Hall–Kier alpha value is -3.74. The lowest BCUT2D eigenvalue weighted by atomic mass is 9.68. The van der Waals surface area contributed by atoms with Gasteiger partial charge in [0.1, 0.15) is 17.2 Å². The molecule has 160 valence electrons. The van der Waals surface area contributed by atoms with Crippen LogP contribution in [0.3, 0.4) is 0 Å². The van der Waals surface area contributed by atoms with Crippen LogP contribution in [0.25, 0.3) is 0 Å². The van der Waals surface area contributed by atoms with Crippen molar-refractivity contribution < 1.29 is 19.5 Å². The normalized spacial score (nSPS) is 19.8. The Bertz CT molecular complexity index is 1130. The van der Waals surface area contributed by atoms with Gasteiger partial charge in [-0.05, 0) is 53.9 Å². The van der Waals surface area contributed by atoms with E-state index in [9.17, 15) is 15.2 Å². The topological polar surface area (TPSA) is 93.9 Å². The average Bonchev–Trinajstić information content (AvgIpc) is 2.79. The Morgan fingerprint density at radius 1 is 1.00 bits per heavy atom. The minimum Gasteiger partial charge on any atom is -0.508 e. The summed E-state index contributed by atoms with van der Waals surface area (Å²) in [5.41, 5.74) is 3.07. The molecule has 2 N–H and O–H groups in total. The Morgan fingerprint density at radius 2 is 1.61 bits per heavy atom. The van der Waals surface area contributed by atoms with Gasteiger partial charge in [0.15, 0.2) is 0 Å². The van der Waals surface area contributed by atoms with Crippen molar-refractivity contribution in [2.75, 3.05) is 19.5 Å². The zero-order valence-corrected chi connectivity index (χ0v) is 17.6. The summed E-state index contributed by atoms with van der Waals surface area (Å²) in [5.74, 6) is 1.56. The summed E-state index contributed by atoms with van der Waals surface area (Å²) < 4.78 is 10.9. The van der Waals surface area contributed by atoms with Crippen LogP contribution in [0.4, 0.5) is 11.4 Å². The molecule has 0 radical (unpaired) electrons. The van der Waals surface area contributed by atoms with E-state index in [1.165, 1.54) is 12.1 Å². The number of fused-ring (bicyclic) bond motifs is 1. The predicted octanol–water partition coefficient (Wildman–Crippen LogP) is 5.18. The first-order valence-corrected chi connectivity index (χ1v) is 9.92. The minimum absolute atomic E-state index is 0.0536. The number of phenols is 1. The number of methoxy groups -OCH3 is 2. The average molecular weight is 420 g/mol. The summed E-state index contributed by atoms with van der Waals surface area (Å²) in [5, 5.41) is 25.4. The minimum atomic E-state index is -0.569. The first-order chi connectivity index (χ1) is 14.9. The van der Waals surface area contributed by atoms with Gasteiger partial charge in [0.2, 0.25) is 0 Å². The number of phenolic OH excluding ortho intramolecular Hbond substituents is 1. The molecule has 0 saturated heterocycles. The van der Waals surface area contributed by atoms with E-state index in [1.54, 1.807) is 38.5 Å². The molecule has 31 heavy (non-hydrogen) atoms. The van der Waals surface area contributed by atoms with Crippen LogP contribution in [-0.2, 0) is 5.41 Å². The summed E-state index contributed by atoms with van der Waals surface area (Å²) >= 11 is 0. The number of nitro benzene ring substituents is 1. The number of ether oxygens (including phenoxy) is 2. The maximum atomic E-state index is 11.0. The highest BCUT2D eigenvalue weighted by molar-refractivity contribution is 5.65. The number of benzene rings is 3. The van der Waals surface area contributed by atoms with Crippen molar-refractivity contribution in [3.8, 4) is 17.2 Å². The quantitative estimate of drug-likeness (QED) is 0.436. The largest absolute Gasteiger partial charge is 0.508 e. The van der Waals surface area contributed by atoms with Crippen molar-refractivity contribution in [2.24, 2.45) is 0 Å². The van der Waals surface area contributed by atoms with Crippen LogP contribution in [0.5, 0.6) is 17.2 Å². The molecular formula is C24H24N2O5. The van der Waals surface area contributed by atoms with Crippen molar-refractivity contribution in [1.82, 2.24) is 0 Å². The molecule has 1 aliphatic heterocycles. The number of nitro groups is 1. The van der Waals surface area contributed by atoms with Gasteiger partial charge in [0.25, 0.3) is 5.69 Å². The van der Waals surface area contributed by atoms with E-state index in [0.29, 0.717) is 12.2 Å². The SMILES string of the molecule is COc1ccc(O)c([C@@]2(C)C[C@@H](c3ccc([N+](=O)[O-])cc3)Nc3ccc(OC)cc32)c1. The Labute approximate surface area is 180 Å². The maximum Gasteiger partial charge on any atom is 0.269 e. The Balaban J connectivity index is 1.85. The van der Waals surface area contributed by atoms with E-state index in [-0.39, 0.29) is 17.5 Å². The molecule has 2 atom stereocenters. The number of hydrogen-bond donors (Lipinski definition) is 2. The number of anilines is 1. The molecule has 0 fully saturated rings. The van der Waals surface area contributed by atoms with Crippen LogP contribution in [-0.4, -0.2) is 24.2 Å². The van der Waals surface area contributed by atoms with Gasteiger partial charge in [-0.1, -0.05) is 19.1 Å². The van der Waals surface area contributed by atoms with E-state index < -0.39 is 10.3 Å². The van der Waals surface area contributed by atoms with Crippen LogP contribution < -0.4 is 14.8 Å². The molecule has 7 heteroatoms. The first kappa shape index (κ1) is 20.5. The third-order valence-corrected chi connectivity index (χ3v) is 6.07. The highest BCUT2D eigenvalue weighted by Gasteiger charge is 2.40. The molecule has 3 aromatic rings. The third kappa shape index (κ3) is 3.63. The van der Waals surface area contributed by atoms with Crippen LogP contribution in [0.2, 0.25) is 0 Å². The van der Waals surface area contributed by atoms with Crippen LogP contribution >= 0.6 is 0 Å². The predicted molar refractivity (Wildman–Crippen MR) is 118 cm³/mol. The number of hydrogen-bond acceptors (Lipinski definition) is 6. The van der Waals surface area contributed by atoms with Crippen LogP contribution in [0.1, 0.15) is 36.1 Å². The molecule has 0 saturated carbocycles. The second kappa shape index (κ2) is 7.83. The molecule has 0 amide bonds. The monoisotopic (exact) mass is 420 g/mol. The maximum absolute atomic E-state index is 11.0. The molecule has 4 rings (SSSR count). The van der Waals surface area contributed by atoms with Gasteiger partial charge < -0.3 is 19.9 Å². The number of rotatable bonds is 5. The van der Waals surface area contributed by atoms with Crippen LogP contribution in [0, 0.1) is 10.1 Å². The molecule has 1 aliphatic rings. The fourth-order valence-corrected chi connectivity index (χ4v) is 4.36. The first-order valence-electron chi connectivity index (χ1n) is 9.92. The van der Waals surface area contributed by atoms with Crippen LogP contribution in [0.15, 0.2) is 60.7 Å². The lowest BCUT2D eigenvalue weighted by molar-refractivity contribution is -0.384. The van der Waals surface area contributed by atoms with Crippen molar-refractivity contribution in [3.05, 3.63) is 87.5 Å². The van der Waals surface area contributed by atoms with Gasteiger partial charge >= 0.3 is 0 Å². The van der Waals surface area contributed by atoms with E-state index in [2.05, 4.69) is 12.2 Å². The molecule has 0 aromatic heterocycles. The zero-order chi connectivity index (χ0) is 22.2. The van der Waals surface area contributed by atoms with Gasteiger partial charge in [-0.25, -0.2) is 0 Å². The zero-order valence-electron chi connectivity index (χ0n) is 17.6. The van der Waals surface area contributed by atoms with E-state index in [4.69, 9.17) is 9.47 Å². The number of aromatic hydroxyl groups is 1. The second-order valence-corrected chi connectivity index (χ2v) is 7.88. The van der Waals surface area contributed by atoms with Crippen molar-refractivity contribution in [3.63, 3.8) is 0 Å². The number of non-ortho nitro benzene ring substituents is 1. The molecule has 0 spiro atoms. The van der Waals surface area contributed by atoms with Gasteiger partial charge in [-0.15, -0.1) is 0 Å². The summed E-state index contributed by atoms with van der Waals surface area (Å²) in [6.45, 7) is 2.08. The molecule has 0 unspecified atom stereocenters. The third-order valence-electron chi connectivity index (χ3n) is 6.07. The Kier molecular flexibility index (Phi) is 5.19. The molecule has 0 aliphatic carbocycles. The van der Waals surface area contributed by atoms with E-state index in [0.717, 1.165) is 28.1 Å². The highest BCUT2D eigenvalue weighted by atomic mass is 16.6. The number of nitrogens with zero attached hydrogens (tertiary/aromatic N) is 1. The summed E-state index contributed by atoms with van der Waals surface area (Å²) in [6.07, 6.45) is 0.617. The van der Waals surface area contributed by atoms with Gasteiger partial charge in [-0.2, -0.15) is 0 Å². The fraction of sp³-hybridized carbons (Fsp3) is 0.250. The number of nitrogens with one attached hydrogen (secondary N) is 1. The van der Waals surface area contributed by atoms with E-state index in [1.807, 2.05) is 24.3 Å².